The number of anilines is 2. The molecule has 0 unspecified atom stereocenters. The number of nitrogens with one attached hydrogen (secondary N) is 4. The number of hydrogen-bond donors (Lipinski definition) is 4. The van der Waals surface area contributed by atoms with E-state index in [2.05, 4.69) is 26.1 Å². The van der Waals surface area contributed by atoms with Crippen molar-refractivity contribution in [3.05, 3.63) is 50.9 Å². The van der Waals surface area contributed by atoms with E-state index in [1.165, 1.54) is 6.20 Å². The highest BCUT2D eigenvalue weighted by Crippen LogP contribution is 2.26. The van der Waals surface area contributed by atoms with Crippen molar-refractivity contribution in [2.75, 3.05) is 23.3 Å². The second-order valence-electron chi connectivity index (χ2n) is 8.46. The van der Waals surface area contributed by atoms with Gasteiger partial charge in [0.1, 0.15) is 11.1 Å². The molecular weight excluding hydrogens is 483 g/mol. The van der Waals surface area contributed by atoms with Gasteiger partial charge in [-0.25, -0.2) is 14.7 Å². The second-order valence-corrected chi connectivity index (χ2v) is 9.27. The van der Waals surface area contributed by atoms with E-state index < -0.39 is 11.7 Å². The summed E-state index contributed by atoms with van der Waals surface area (Å²) in [5, 5.41) is 15.4. The Morgan fingerprint density at radius 2 is 1.71 bits per heavy atom. The van der Waals surface area contributed by atoms with Gasteiger partial charge in [0, 0.05) is 35.8 Å². The van der Waals surface area contributed by atoms with Crippen LogP contribution >= 0.6 is 23.2 Å². The first-order chi connectivity index (χ1) is 16.4. The van der Waals surface area contributed by atoms with E-state index in [1.807, 2.05) is 4.90 Å². The summed E-state index contributed by atoms with van der Waals surface area (Å²) in [7, 11) is 0. The highest BCUT2D eigenvalue weighted by Gasteiger charge is 2.29. The first-order valence-electron chi connectivity index (χ1n) is 11.2. The van der Waals surface area contributed by atoms with Crippen LogP contribution in [-0.2, 0) is 4.74 Å². The van der Waals surface area contributed by atoms with Gasteiger partial charge in [0.25, 0.3) is 5.56 Å². The lowest BCUT2D eigenvalue weighted by atomic mass is 9.91. The molecule has 0 bridgehead atoms. The molecule has 1 aliphatic heterocycles. The van der Waals surface area contributed by atoms with Gasteiger partial charge in [-0.3, -0.25) is 4.79 Å². The fourth-order valence-corrected chi connectivity index (χ4v) is 4.59. The van der Waals surface area contributed by atoms with E-state index in [0.29, 0.717) is 35.9 Å². The molecule has 1 aromatic carbocycles. The van der Waals surface area contributed by atoms with Crippen LogP contribution in [0.15, 0.2) is 35.3 Å². The Morgan fingerprint density at radius 1 is 1.03 bits per heavy atom. The monoisotopic (exact) mass is 508 g/mol. The van der Waals surface area contributed by atoms with Crippen LogP contribution < -0.4 is 26.4 Å². The zero-order valence-electron chi connectivity index (χ0n) is 18.4. The SMILES string of the molecule is O=C(Nc1ccc(Cl)cc1)NC1CCC(NC(=O)O[C@@H]2CCN(c3cn[nH]c(=O)c3Cl)C2)CC1. The number of hydrogen-bond acceptors (Lipinski definition) is 6. The molecule has 3 amide bonds. The van der Waals surface area contributed by atoms with Crippen molar-refractivity contribution < 1.29 is 14.3 Å². The predicted molar refractivity (Wildman–Crippen MR) is 130 cm³/mol. The van der Waals surface area contributed by atoms with Gasteiger partial charge in [-0.05, 0) is 49.9 Å². The third kappa shape index (κ3) is 6.32. The second kappa shape index (κ2) is 11.0. The fraction of sp³-hybridized carbons (Fsp3) is 0.455. The molecule has 4 rings (SSSR count). The summed E-state index contributed by atoms with van der Waals surface area (Å²) in [6.07, 6.45) is 4.36. The summed E-state index contributed by atoms with van der Waals surface area (Å²) in [5.41, 5.74) is 0.750. The van der Waals surface area contributed by atoms with Crippen LogP contribution in [-0.4, -0.2) is 53.6 Å². The van der Waals surface area contributed by atoms with Crippen LogP contribution in [0, 0.1) is 0 Å². The van der Waals surface area contributed by atoms with Gasteiger partial charge in [-0.15, -0.1) is 0 Å². The highest BCUT2D eigenvalue weighted by molar-refractivity contribution is 6.33. The van der Waals surface area contributed by atoms with Crippen LogP contribution in [0.4, 0.5) is 21.0 Å². The Bertz CT molecular complexity index is 1070. The molecule has 2 heterocycles. The summed E-state index contributed by atoms with van der Waals surface area (Å²) in [6.45, 7) is 1.05. The van der Waals surface area contributed by atoms with Gasteiger partial charge < -0.3 is 25.6 Å². The summed E-state index contributed by atoms with van der Waals surface area (Å²) >= 11 is 11.9. The normalized spacial score (nSPS) is 22.2. The van der Waals surface area contributed by atoms with E-state index in [9.17, 15) is 14.4 Å². The van der Waals surface area contributed by atoms with Crippen LogP contribution in [0.1, 0.15) is 32.1 Å². The lowest BCUT2D eigenvalue weighted by Gasteiger charge is -2.29. The summed E-state index contributed by atoms with van der Waals surface area (Å²) < 4.78 is 5.57. The standard InChI is InChI=1S/C22H26Cl2N6O4/c23-13-1-3-14(4-2-13)26-21(32)27-15-5-7-16(8-6-15)28-22(33)34-17-9-10-30(12-17)18-11-25-29-20(31)19(18)24/h1-4,11,15-17H,5-10,12H2,(H,28,33)(H,29,31)(H2,26,27,32)/t15?,16?,17-/m1/s1. The molecule has 10 nitrogen and oxygen atoms in total. The van der Waals surface area contributed by atoms with Gasteiger partial charge in [-0.1, -0.05) is 23.2 Å². The van der Waals surface area contributed by atoms with E-state index >= 15 is 0 Å². The third-order valence-electron chi connectivity index (χ3n) is 6.02. The molecule has 1 aliphatic carbocycles. The molecule has 1 aromatic heterocycles. The Kier molecular flexibility index (Phi) is 7.79. The Balaban J connectivity index is 1.16. The number of halogens is 2. The highest BCUT2D eigenvalue weighted by atomic mass is 35.5. The average molecular weight is 509 g/mol. The van der Waals surface area contributed by atoms with Crippen molar-refractivity contribution in [2.45, 2.75) is 50.3 Å². The number of aromatic nitrogens is 2. The maximum atomic E-state index is 12.4. The molecule has 0 spiro atoms. The minimum Gasteiger partial charge on any atom is -0.444 e. The van der Waals surface area contributed by atoms with Gasteiger partial charge in [-0.2, -0.15) is 5.10 Å². The molecule has 1 atom stereocenters. The molecule has 2 fully saturated rings. The van der Waals surface area contributed by atoms with Gasteiger partial charge >= 0.3 is 12.1 Å². The van der Waals surface area contributed by atoms with Crippen LogP contribution in [0.2, 0.25) is 10.0 Å². The Labute approximate surface area is 206 Å². The van der Waals surface area contributed by atoms with Crippen molar-refractivity contribution in [3.63, 3.8) is 0 Å². The molecule has 2 aliphatic rings. The maximum Gasteiger partial charge on any atom is 0.407 e. The lowest BCUT2D eigenvalue weighted by molar-refractivity contribution is 0.102. The molecule has 12 heteroatoms. The van der Waals surface area contributed by atoms with Gasteiger partial charge in [0.15, 0.2) is 0 Å². The zero-order chi connectivity index (χ0) is 24.1. The molecule has 2 aromatic rings. The lowest BCUT2D eigenvalue weighted by Crippen LogP contribution is -2.45. The minimum absolute atomic E-state index is 0.00582. The zero-order valence-corrected chi connectivity index (χ0v) is 19.9. The number of nitrogens with zero attached hydrogens (tertiary/aromatic N) is 2. The number of aromatic amines is 1. The average Bonchev–Trinajstić information content (AvgIpc) is 3.26. The number of alkyl carbamates (subject to hydrolysis) is 1. The van der Waals surface area contributed by atoms with Crippen LogP contribution in [0.3, 0.4) is 0 Å². The Hall–Kier alpha value is -2.98. The number of urea groups is 1. The quantitative estimate of drug-likeness (QED) is 0.489. The minimum atomic E-state index is -0.459. The number of H-pyrrole nitrogens is 1. The Morgan fingerprint density at radius 3 is 2.41 bits per heavy atom. The van der Waals surface area contributed by atoms with Crippen molar-refractivity contribution in [1.82, 2.24) is 20.8 Å². The first-order valence-corrected chi connectivity index (χ1v) is 11.9. The topological polar surface area (TPSA) is 128 Å². The maximum absolute atomic E-state index is 12.4. The molecule has 4 N–H and O–H groups in total. The smallest absolute Gasteiger partial charge is 0.407 e. The summed E-state index contributed by atoms with van der Waals surface area (Å²) in [6, 6.07) is 6.67. The van der Waals surface area contributed by atoms with Crippen LogP contribution in [0.25, 0.3) is 0 Å². The largest absolute Gasteiger partial charge is 0.444 e. The van der Waals surface area contributed by atoms with E-state index in [-0.39, 0.29) is 29.2 Å². The van der Waals surface area contributed by atoms with Crippen molar-refractivity contribution >= 4 is 46.7 Å². The number of rotatable bonds is 5. The van der Waals surface area contributed by atoms with Gasteiger partial charge in [0.05, 0.1) is 18.4 Å². The molecule has 1 saturated carbocycles. The van der Waals surface area contributed by atoms with E-state index in [4.69, 9.17) is 27.9 Å². The number of benzene rings is 1. The number of amides is 3. The van der Waals surface area contributed by atoms with Gasteiger partial charge in [0.2, 0.25) is 0 Å². The first kappa shape index (κ1) is 24.2. The molecular formula is C22H26Cl2N6O4. The molecule has 34 heavy (non-hydrogen) atoms. The predicted octanol–water partition coefficient (Wildman–Crippen LogP) is 3.51. The third-order valence-corrected chi connectivity index (χ3v) is 6.64. The number of ether oxygens (including phenoxy) is 1. The molecule has 1 saturated heterocycles. The van der Waals surface area contributed by atoms with Crippen molar-refractivity contribution in [1.29, 1.82) is 0 Å². The summed E-state index contributed by atoms with van der Waals surface area (Å²) in [4.78, 5) is 38.1. The van der Waals surface area contributed by atoms with Crippen molar-refractivity contribution in [3.8, 4) is 0 Å². The molecule has 182 valence electrons. The summed E-state index contributed by atoms with van der Waals surface area (Å²) in [5.74, 6) is 0. The van der Waals surface area contributed by atoms with Crippen LogP contribution in [0.5, 0.6) is 0 Å². The number of carbonyl (C=O) groups excluding carboxylic acids is 2. The number of carbonyl (C=O) groups is 2. The fourth-order valence-electron chi connectivity index (χ4n) is 4.26. The van der Waals surface area contributed by atoms with E-state index in [1.54, 1.807) is 24.3 Å². The molecule has 0 radical (unpaired) electrons. The van der Waals surface area contributed by atoms with Crippen molar-refractivity contribution in [2.24, 2.45) is 0 Å². The van der Waals surface area contributed by atoms with E-state index in [0.717, 1.165) is 25.7 Å².